The minimum atomic E-state index is 0.190. The number of allylic oxidation sites excluding steroid dienone is 2. The van der Waals surface area contributed by atoms with E-state index in [9.17, 15) is 4.79 Å². The lowest BCUT2D eigenvalue weighted by molar-refractivity contribution is -0.115. The van der Waals surface area contributed by atoms with Crippen LogP contribution < -0.4 is 10.9 Å². The van der Waals surface area contributed by atoms with Crippen LogP contribution in [0, 0.1) is 0 Å². The number of hydrogen-bond acceptors (Lipinski definition) is 5. The third-order valence-corrected chi connectivity index (χ3v) is 3.78. The zero-order chi connectivity index (χ0) is 12.4. The Kier molecular flexibility index (Phi) is 2.98. The smallest absolute Gasteiger partial charge is 0.202 e. The number of ketones is 1. The van der Waals surface area contributed by atoms with E-state index in [1.165, 1.54) is 0 Å². The molecule has 0 saturated heterocycles. The van der Waals surface area contributed by atoms with E-state index < -0.39 is 0 Å². The molecule has 0 bridgehead atoms. The molecule has 18 heavy (non-hydrogen) atoms. The zero-order valence-electron chi connectivity index (χ0n) is 9.77. The molecule has 5 heteroatoms. The summed E-state index contributed by atoms with van der Waals surface area (Å²) < 4.78 is 1.15. The van der Waals surface area contributed by atoms with E-state index in [-0.39, 0.29) is 5.78 Å². The van der Waals surface area contributed by atoms with E-state index >= 15 is 0 Å². The molecule has 2 N–H and O–H groups in total. The molecule has 0 radical (unpaired) electrons. The third kappa shape index (κ3) is 2.36. The fourth-order valence-corrected chi connectivity index (χ4v) is 2.77. The van der Waals surface area contributed by atoms with Crippen molar-refractivity contribution in [2.24, 2.45) is 0 Å². The summed E-state index contributed by atoms with van der Waals surface area (Å²) in [7, 11) is 0. The lowest BCUT2D eigenvalue weighted by Gasteiger charge is -2.14. The standard InChI is InChI=1S/C13H13N3OS/c17-10-5-3-4-9(8-10)15-16-13-14-11-6-1-2-7-12(11)18-13/h1-2,6-8,15H,3-5H2,(H,14,16). The Morgan fingerprint density at radius 3 is 2.89 bits per heavy atom. The number of nitrogens with zero attached hydrogens (tertiary/aromatic N) is 1. The Morgan fingerprint density at radius 2 is 2.06 bits per heavy atom. The number of carbonyl (C=O) groups is 1. The minimum Gasteiger partial charge on any atom is -0.303 e. The molecule has 4 nitrogen and oxygen atoms in total. The summed E-state index contributed by atoms with van der Waals surface area (Å²) in [6.45, 7) is 0. The number of fused-ring (bicyclic) bond motifs is 1. The second-order valence-corrected chi connectivity index (χ2v) is 5.26. The van der Waals surface area contributed by atoms with Gasteiger partial charge in [-0.25, -0.2) is 4.98 Å². The van der Waals surface area contributed by atoms with Crippen LogP contribution in [0.3, 0.4) is 0 Å². The molecule has 0 unspecified atom stereocenters. The Hall–Kier alpha value is -1.88. The molecule has 2 aromatic rings. The summed E-state index contributed by atoms with van der Waals surface area (Å²) >= 11 is 1.59. The quantitative estimate of drug-likeness (QED) is 0.832. The Bertz CT molecular complexity index is 584. The first-order valence-corrected chi connectivity index (χ1v) is 6.74. The van der Waals surface area contributed by atoms with E-state index in [0.717, 1.165) is 33.9 Å². The van der Waals surface area contributed by atoms with Gasteiger partial charge in [-0.15, -0.1) is 0 Å². The highest BCUT2D eigenvalue weighted by Gasteiger charge is 2.10. The fraction of sp³-hybridized carbons (Fsp3) is 0.231. The van der Waals surface area contributed by atoms with Crippen molar-refractivity contribution >= 4 is 32.5 Å². The maximum absolute atomic E-state index is 11.3. The number of aromatic nitrogens is 1. The number of para-hydroxylation sites is 1. The van der Waals surface area contributed by atoms with Gasteiger partial charge in [0.1, 0.15) is 0 Å². The van der Waals surface area contributed by atoms with Crippen molar-refractivity contribution in [2.45, 2.75) is 19.3 Å². The molecular formula is C13H13N3OS. The van der Waals surface area contributed by atoms with Crippen molar-refractivity contribution in [2.75, 3.05) is 5.43 Å². The minimum absolute atomic E-state index is 0.190. The van der Waals surface area contributed by atoms with Gasteiger partial charge in [0, 0.05) is 18.2 Å². The number of hydrogen-bond donors (Lipinski definition) is 2. The van der Waals surface area contributed by atoms with Gasteiger partial charge in [0.2, 0.25) is 5.13 Å². The van der Waals surface area contributed by atoms with Crippen LogP contribution in [-0.2, 0) is 4.79 Å². The van der Waals surface area contributed by atoms with Gasteiger partial charge in [-0.05, 0) is 25.0 Å². The van der Waals surface area contributed by atoms with Crippen molar-refractivity contribution in [1.82, 2.24) is 10.4 Å². The van der Waals surface area contributed by atoms with Crippen LogP contribution in [0.4, 0.5) is 5.13 Å². The van der Waals surface area contributed by atoms with Crippen LogP contribution in [0.5, 0.6) is 0 Å². The van der Waals surface area contributed by atoms with Crippen molar-refractivity contribution in [3.63, 3.8) is 0 Å². The first-order chi connectivity index (χ1) is 8.81. The summed E-state index contributed by atoms with van der Waals surface area (Å²) in [6, 6.07) is 8.00. The molecule has 1 aromatic heterocycles. The molecule has 0 atom stereocenters. The molecule has 0 saturated carbocycles. The molecule has 0 aliphatic heterocycles. The van der Waals surface area contributed by atoms with Gasteiger partial charge in [0.15, 0.2) is 5.78 Å². The number of thiazole rings is 1. The Labute approximate surface area is 109 Å². The van der Waals surface area contributed by atoms with E-state index in [0.29, 0.717) is 6.42 Å². The number of benzene rings is 1. The van der Waals surface area contributed by atoms with Gasteiger partial charge in [-0.2, -0.15) is 0 Å². The first-order valence-electron chi connectivity index (χ1n) is 5.92. The van der Waals surface area contributed by atoms with Gasteiger partial charge in [0.05, 0.1) is 10.2 Å². The third-order valence-electron chi connectivity index (χ3n) is 2.83. The summed E-state index contributed by atoms with van der Waals surface area (Å²) in [5.74, 6) is 0.190. The predicted molar refractivity (Wildman–Crippen MR) is 73.3 cm³/mol. The van der Waals surface area contributed by atoms with Gasteiger partial charge in [-0.1, -0.05) is 23.5 Å². The average Bonchev–Trinajstić information content (AvgIpc) is 2.79. The molecule has 3 rings (SSSR count). The van der Waals surface area contributed by atoms with Crippen molar-refractivity contribution in [1.29, 1.82) is 0 Å². The van der Waals surface area contributed by atoms with Gasteiger partial charge in [-0.3, -0.25) is 10.2 Å². The lowest BCUT2D eigenvalue weighted by atomic mass is 10.0. The molecule has 0 amide bonds. The SMILES string of the molecule is O=C1C=C(NNc2nc3ccccc3s2)CCC1. The summed E-state index contributed by atoms with van der Waals surface area (Å²) in [5, 5.41) is 0.815. The van der Waals surface area contributed by atoms with Crippen molar-refractivity contribution in [3.05, 3.63) is 36.0 Å². The summed E-state index contributed by atoms with van der Waals surface area (Å²) in [5.41, 5.74) is 8.05. The lowest BCUT2D eigenvalue weighted by Crippen LogP contribution is -2.23. The van der Waals surface area contributed by atoms with E-state index in [1.807, 2.05) is 24.3 Å². The highest BCUT2D eigenvalue weighted by molar-refractivity contribution is 7.22. The normalized spacial score (nSPS) is 15.6. The number of rotatable bonds is 3. The topological polar surface area (TPSA) is 54.0 Å². The second kappa shape index (κ2) is 4.78. The molecule has 0 fully saturated rings. The molecule has 1 heterocycles. The highest BCUT2D eigenvalue weighted by atomic mass is 32.1. The fourth-order valence-electron chi connectivity index (χ4n) is 1.95. The highest BCUT2D eigenvalue weighted by Crippen LogP contribution is 2.25. The van der Waals surface area contributed by atoms with Gasteiger partial charge in [0.25, 0.3) is 0 Å². The van der Waals surface area contributed by atoms with E-state index in [1.54, 1.807) is 17.4 Å². The van der Waals surface area contributed by atoms with Crippen LogP contribution in [0.1, 0.15) is 19.3 Å². The number of anilines is 1. The van der Waals surface area contributed by atoms with Gasteiger partial charge < -0.3 is 5.43 Å². The number of hydrazine groups is 1. The molecule has 92 valence electrons. The molecule has 1 aromatic carbocycles. The first kappa shape index (κ1) is 11.2. The maximum atomic E-state index is 11.3. The summed E-state index contributed by atoms with van der Waals surface area (Å²) in [6.07, 6.45) is 4.15. The van der Waals surface area contributed by atoms with Crippen LogP contribution in [-0.4, -0.2) is 10.8 Å². The largest absolute Gasteiger partial charge is 0.303 e. The average molecular weight is 259 g/mol. The molecule has 1 aliphatic rings. The van der Waals surface area contributed by atoms with Crippen LogP contribution >= 0.6 is 11.3 Å². The molecular weight excluding hydrogens is 246 g/mol. The molecule has 1 aliphatic carbocycles. The maximum Gasteiger partial charge on any atom is 0.202 e. The monoisotopic (exact) mass is 259 g/mol. The van der Waals surface area contributed by atoms with E-state index in [2.05, 4.69) is 15.8 Å². The van der Waals surface area contributed by atoms with Crippen molar-refractivity contribution < 1.29 is 4.79 Å². The Balaban J connectivity index is 1.71. The zero-order valence-corrected chi connectivity index (χ0v) is 10.6. The van der Waals surface area contributed by atoms with Crippen molar-refractivity contribution in [3.8, 4) is 0 Å². The predicted octanol–water partition coefficient (Wildman–Crippen LogP) is 2.85. The van der Waals surface area contributed by atoms with Crippen LogP contribution in [0.2, 0.25) is 0 Å². The second-order valence-electron chi connectivity index (χ2n) is 4.23. The van der Waals surface area contributed by atoms with Crippen LogP contribution in [0.15, 0.2) is 36.0 Å². The number of nitrogens with one attached hydrogen (secondary N) is 2. The van der Waals surface area contributed by atoms with Gasteiger partial charge >= 0.3 is 0 Å². The summed E-state index contributed by atoms with van der Waals surface area (Å²) in [4.78, 5) is 15.7. The Morgan fingerprint density at radius 1 is 1.17 bits per heavy atom. The van der Waals surface area contributed by atoms with E-state index in [4.69, 9.17) is 0 Å². The number of carbonyl (C=O) groups excluding carboxylic acids is 1. The van der Waals surface area contributed by atoms with Crippen LogP contribution in [0.25, 0.3) is 10.2 Å². The molecule has 0 spiro atoms.